The van der Waals surface area contributed by atoms with E-state index in [-0.39, 0.29) is 48.5 Å². The van der Waals surface area contributed by atoms with Crippen molar-refractivity contribution in [3.63, 3.8) is 0 Å². The molecule has 0 atom stereocenters. The Morgan fingerprint density at radius 1 is 0.977 bits per heavy atom. The number of alkyl halides is 3. The number of carbonyl (C=O) groups is 3. The third kappa shape index (κ3) is 6.85. The van der Waals surface area contributed by atoms with Crippen molar-refractivity contribution in [2.75, 3.05) is 6.54 Å². The number of amides is 1. The van der Waals surface area contributed by atoms with Crippen LogP contribution in [0.15, 0.2) is 71.3 Å². The average molecular weight is 595 g/mol. The molecule has 1 saturated carbocycles. The summed E-state index contributed by atoms with van der Waals surface area (Å²) in [5.74, 6) is -1.83. The van der Waals surface area contributed by atoms with Crippen LogP contribution in [-0.4, -0.2) is 44.1 Å². The van der Waals surface area contributed by atoms with Gasteiger partial charge in [-0.1, -0.05) is 48.5 Å². The third-order valence-corrected chi connectivity index (χ3v) is 7.55. The predicted octanol–water partition coefficient (Wildman–Crippen LogP) is 6.30. The lowest BCUT2D eigenvalue weighted by molar-refractivity contribution is -0.141. The summed E-state index contributed by atoms with van der Waals surface area (Å²) >= 11 is 0. The van der Waals surface area contributed by atoms with Crippen molar-refractivity contribution in [1.82, 2.24) is 20.1 Å². The van der Waals surface area contributed by atoms with Gasteiger partial charge in [-0.3, -0.25) is 9.59 Å². The Hall–Kier alpha value is -4.74. The summed E-state index contributed by atoms with van der Waals surface area (Å²) in [7, 11) is 0. The number of oxazole rings is 1. The Balaban J connectivity index is 1.12. The number of nitrogens with zero attached hydrogens (tertiary/aromatic N) is 3. The van der Waals surface area contributed by atoms with Crippen molar-refractivity contribution in [1.29, 1.82) is 0 Å². The molecule has 0 radical (unpaired) electrons. The summed E-state index contributed by atoms with van der Waals surface area (Å²) < 4.78 is 47.6. The van der Waals surface area contributed by atoms with Crippen LogP contribution in [0, 0.1) is 5.92 Å². The second-order valence-electron chi connectivity index (χ2n) is 10.4. The van der Waals surface area contributed by atoms with E-state index >= 15 is 0 Å². The van der Waals surface area contributed by atoms with E-state index in [1.165, 1.54) is 0 Å². The van der Waals surface area contributed by atoms with Crippen molar-refractivity contribution in [3.8, 4) is 17.0 Å². The third-order valence-electron chi connectivity index (χ3n) is 7.55. The molecule has 2 aromatic carbocycles. The van der Waals surface area contributed by atoms with Gasteiger partial charge < -0.3 is 14.8 Å². The number of nitrogens with one attached hydrogen (secondary N) is 1. The molecule has 5 rings (SSSR count). The normalized spacial score (nSPS) is 17.0. The fourth-order valence-electron chi connectivity index (χ4n) is 5.33. The molecule has 2 N–H and O–H groups in total. The van der Waals surface area contributed by atoms with Crippen LogP contribution in [0.3, 0.4) is 0 Å². The summed E-state index contributed by atoms with van der Waals surface area (Å²) in [6.07, 6.45) is -0.951. The van der Waals surface area contributed by atoms with Crippen molar-refractivity contribution < 1.29 is 37.1 Å². The molecule has 2 aromatic heterocycles. The maximum atomic E-state index is 13.6. The van der Waals surface area contributed by atoms with Gasteiger partial charge in [0.15, 0.2) is 23.0 Å². The highest BCUT2D eigenvalue weighted by molar-refractivity contribution is 5.95. The van der Waals surface area contributed by atoms with Crippen molar-refractivity contribution in [2.24, 2.45) is 5.92 Å². The lowest BCUT2D eigenvalue weighted by atomic mass is 9.79. The molecule has 0 saturated heterocycles. The van der Waals surface area contributed by atoms with Crippen LogP contribution in [0.25, 0.3) is 17.0 Å². The number of carboxylic acids is 1. The Morgan fingerprint density at radius 2 is 1.63 bits per heavy atom. The number of halogens is 3. The zero-order valence-corrected chi connectivity index (χ0v) is 23.0. The molecular formula is C31H29F3N4O5. The topological polar surface area (TPSA) is 127 Å². The van der Waals surface area contributed by atoms with Gasteiger partial charge in [-0.15, -0.1) is 0 Å². The molecule has 9 nitrogen and oxygen atoms in total. The summed E-state index contributed by atoms with van der Waals surface area (Å²) in [5.41, 5.74) is -1.01. The van der Waals surface area contributed by atoms with Crippen LogP contribution < -0.4 is 5.32 Å². The van der Waals surface area contributed by atoms with E-state index in [1.807, 2.05) is 6.07 Å². The number of Topliss-reactive ketones (excluding diaryl/α,β-unsaturated/α-hetero) is 1. The average Bonchev–Trinajstić information content (AvgIpc) is 3.67. The maximum absolute atomic E-state index is 13.6. The summed E-state index contributed by atoms with van der Waals surface area (Å²) in [6.45, 7) is 0.0320. The minimum absolute atomic E-state index is 0.0178. The zero-order valence-electron chi connectivity index (χ0n) is 23.0. The molecule has 1 aliphatic carbocycles. The molecule has 0 bridgehead atoms. The molecule has 12 heteroatoms. The minimum atomic E-state index is -4.81. The highest BCUT2D eigenvalue weighted by Crippen LogP contribution is 2.38. The second-order valence-corrected chi connectivity index (χ2v) is 10.4. The van der Waals surface area contributed by atoms with E-state index in [2.05, 4.69) is 15.4 Å². The molecule has 224 valence electrons. The standard InChI is InChI=1S/C31H29F3N4O5/c32-31(33,34)27-23(18-38(37-27)22-10-5-2-6-11-22)28(40)35-17-7-12-24(39)19-13-15-21(16-14-19)29-36-25(30(41)42)26(43-29)20-8-3-1-4-9-20/h1-6,8-11,18-19,21H,7,12-17H2,(H,35,40)(H,41,42). The molecule has 1 aliphatic rings. The SMILES string of the molecule is O=C(NCCCC(=O)C1CCC(c2nc(C(=O)O)c(-c3ccccc3)o2)CC1)c1cn(-c2ccccc2)nc1C(F)(F)F. The number of carboxylic acid groups (broad SMARTS) is 1. The van der Waals surface area contributed by atoms with E-state index in [1.54, 1.807) is 54.6 Å². The lowest BCUT2D eigenvalue weighted by Gasteiger charge is -2.25. The van der Waals surface area contributed by atoms with Crippen LogP contribution in [0.4, 0.5) is 13.2 Å². The first-order valence-electron chi connectivity index (χ1n) is 13.9. The number of aromatic carboxylic acids is 1. The number of ketones is 1. The predicted molar refractivity (Wildman–Crippen MR) is 149 cm³/mol. The van der Waals surface area contributed by atoms with Gasteiger partial charge in [0.25, 0.3) is 5.91 Å². The maximum Gasteiger partial charge on any atom is 0.435 e. The molecule has 4 aromatic rings. The highest BCUT2D eigenvalue weighted by Gasteiger charge is 2.39. The first kappa shape index (κ1) is 29.7. The molecule has 43 heavy (non-hydrogen) atoms. The smallest absolute Gasteiger partial charge is 0.435 e. The first-order valence-corrected chi connectivity index (χ1v) is 13.9. The zero-order chi connectivity index (χ0) is 30.6. The van der Waals surface area contributed by atoms with Gasteiger partial charge >= 0.3 is 12.1 Å². The summed E-state index contributed by atoms with van der Waals surface area (Å²) in [6, 6.07) is 17.1. The molecule has 0 spiro atoms. The molecule has 0 aliphatic heterocycles. The Kier molecular flexibility index (Phi) is 8.74. The molecule has 2 heterocycles. The molecule has 1 fully saturated rings. The Morgan fingerprint density at radius 3 is 2.26 bits per heavy atom. The molecule has 0 unspecified atom stereocenters. The second kappa shape index (κ2) is 12.6. The van der Waals surface area contributed by atoms with Crippen LogP contribution >= 0.6 is 0 Å². The van der Waals surface area contributed by atoms with Gasteiger partial charge in [-0.2, -0.15) is 18.3 Å². The number of benzene rings is 2. The van der Waals surface area contributed by atoms with Crippen LogP contribution in [0.1, 0.15) is 76.9 Å². The van der Waals surface area contributed by atoms with E-state index < -0.39 is 29.3 Å². The fraction of sp³-hybridized carbons (Fsp3) is 0.323. The van der Waals surface area contributed by atoms with Gasteiger partial charge in [-0.05, 0) is 44.2 Å². The number of aromatic nitrogens is 3. The van der Waals surface area contributed by atoms with Gasteiger partial charge in [0.2, 0.25) is 0 Å². The quantitative estimate of drug-likeness (QED) is 0.206. The number of hydrogen-bond donors (Lipinski definition) is 2. The Bertz CT molecular complexity index is 1590. The van der Waals surface area contributed by atoms with E-state index in [4.69, 9.17) is 4.42 Å². The molecular weight excluding hydrogens is 565 g/mol. The fourth-order valence-corrected chi connectivity index (χ4v) is 5.33. The van der Waals surface area contributed by atoms with Crippen LogP contribution in [0.5, 0.6) is 0 Å². The number of rotatable bonds is 10. The van der Waals surface area contributed by atoms with Crippen LogP contribution in [-0.2, 0) is 11.0 Å². The largest absolute Gasteiger partial charge is 0.476 e. The monoisotopic (exact) mass is 594 g/mol. The van der Waals surface area contributed by atoms with E-state index in [0.717, 1.165) is 10.9 Å². The lowest BCUT2D eigenvalue weighted by Crippen LogP contribution is -2.27. The number of para-hydroxylation sites is 1. The van der Waals surface area contributed by atoms with Crippen LogP contribution in [0.2, 0.25) is 0 Å². The van der Waals surface area contributed by atoms with Gasteiger partial charge in [0, 0.05) is 36.6 Å². The van der Waals surface area contributed by atoms with Gasteiger partial charge in [0.05, 0.1) is 11.3 Å². The number of carbonyl (C=O) groups excluding carboxylic acids is 2. The highest BCUT2D eigenvalue weighted by atomic mass is 19.4. The molecule has 1 amide bonds. The first-order chi connectivity index (χ1) is 20.6. The summed E-state index contributed by atoms with van der Waals surface area (Å²) in [5, 5.41) is 15.7. The van der Waals surface area contributed by atoms with Gasteiger partial charge in [0.1, 0.15) is 5.78 Å². The minimum Gasteiger partial charge on any atom is -0.476 e. The van der Waals surface area contributed by atoms with Crippen molar-refractivity contribution in [3.05, 3.63) is 89.7 Å². The summed E-state index contributed by atoms with van der Waals surface area (Å²) in [4.78, 5) is 41.5. The van der Waals surface area contributed by atoms with Crippen molar-refractivity contribution in [2.45, 2.75) is 50.6 Å². The Labute approximate surface area is 244 Å². The van der Waals surface area contributed by atoms with Gasteiger partial charge in [-0.25, -0.2) is 14.5 Å². The van der Waals surface area contributed by atoms with E-state index in [0.29, 0.717) is 42.8 Å². The van der Waals surface area contributed by atoms with E-state index in [9.17, 15) is 32.7 Å². The van der Waals surface area contributed by atoms with Crippen molar-refractivity contribution >= 4 is 17.7 Å². The number of hydrogen-bond acceptors (Lipinski definition) is 6.